The van der Waals surface area contributed by atoms with Crippen LogP contribution < -0.4 is 5.43 Å². The van der Waals surface area contributed by atoms with Gasteiger partial charge in [-0.3, -0.25) is 9.59 Å². The van der Waals surface area contributed by atoms with E-state index >= 15 is 0 Å². The maximum Gasteiger partial charge on any atom is 0.310 e. The van der Waals surface area contributed by atoms with Crippen molar-refractivity contribution in [3.8, 4) is 11.3 Å². The molecule has 0 radical (unpaired) electrons. The number of hydrogen-bond donors (Lipinski definition) is 1. The molecule has 0 aliphatic carbocycles. The summed E-state index contributed by atoms with van der Waals surface area (Å²) >= 11 is 6.14. The fourth-order valence-corrected chi connectivity index (χ4v) is 2.61. The van der Waals surface area contributed by atoms with Crippen molar-refractivity contribution in [3.63, 3.8) is 0 Å². The minimum absolute atomic E-state index is 0.236. The van der Waals surface area contributed by atoms with Crippen LogP contribution in [0.3, 0.4) is 0 Å². The largest absolute Gasteiger partial charge is 0.481 e. The average molecular weight is 329 g/mol. The summed E-state index contributed by atoms with van der Waals surface area (Å²) in [7, 11) is 0. The summed E-state index contributed by atoms with van der Waals surface area (Å²) in [6, 6.07) is 13.3. The highest BCUT2D eigenvalue weighted by Gasteiger charge is 2.16. The number of hydrogen-bond acceptors (Lipinski definition) is 3. The minimum Gasteiger partial charge on any atom is -0.481 e. The van der Waals surface area contributed by atoms with E-state index in [2.05, 4.69) is 0 Å². The number of aliphatic carboxylic acids is 1. The second-order valence-corrected chi connectivity index (χ2v) is 5.68. The van der Waals surface area contributed by atoms with E-state index in [1.54, 1.807) is 43.3 Å². The molecule has 0 bridgehead atoms. The number of halogens is 1. The Kier molecular flexibility index (Phi) is 3.92. The zero-order valence-corrected chi connectivity index (χ0v) is 13.0. The maximum atomic E-state index is 12.4. The van der Waals surface area contributed by atoms with Gasteiger partial charge in [0.1, 0.15) is 11.3 Å². The molecule has 2 aromatic carbocycles. The fraction of sp³-hybridized carbons (Fsp3) is 0.111. The number of rotatable bonds is 3. The summed E-state index contributed by atoms with van der Waals surface area (Å²) in [6.07, 6.45) is 0. The van der Waals surface area contributed by atoms with Gasteiger partial charge in [-0.25, -0.2) is 0 Å². The lowest BCUT2D eigenvalue weighted by Crippen LogP contribution is -2.08. The van der Waals surface area contributed by atoms with Crippen molar-refractivity contribution in [1.82, 2.24) is 0 Å². The molecule has 0 saturated heterocycles. The molecule has 0 aliphatic heterocycles. The van der Waals surface area contributed by atoms with E-state index < -0.39 is 11.9 Å². The van der Waals surface area contributed by atoms with E-state index in [9.17, 15) is 9.59 Å². The zero-order chi connectivity index (χ0) is 16.6. The molecule has 0 spiro atoms. The molecule has 1 heterocycles. The van der Waals surface area contributed by atoms with Gasteiger partial charge in [0.15, 0.2) is 5.43 Å². The molecule has 1 N–H and O–H groups in total. The Bertz CT molecular complexity index is 959. The molecule has 1 aromatic heterocycles. The quantitative estimate of drug-likeness (QED) is 0.778. The molecule has 0 amide bonds. The Morgan fingerprint density at radius 1 is 1.17 bits per heavy atom. The molecule has 3 aromatic rings. The van der Waals surface area contributed by atoms with E-state index in [0.29, 0.717) is 32.9 Å². The first-order chi connectivity index (χ1) is 11.0. The molecule has 116 valence electrons. The molecule has 0 saturated carbocycles. The van der Waals surface area contributed by atoms with Crippen molar-refractivity contribution in [2.75, 3.05) is 0 Å². The van der Waals surface area contributed by atoms with Crippen LogP contribution in [0.5, 0.6) is 0 Å². The number of fused-ring (bicyclic) bond motifs is 1. The summed E-state index contributed by atoms with van der Waals surface area (Å²) in [4.78, 5) is 23.5. The fourth-order valence-electron chi connectivity index (χ4n) is 2.38. The van der Waals surface area contributed by atoms with E-state index in [0.717, 1.165) is 0 Å². The maximum absolute atomic E-state index is 12.4. The van der Waals surface area contributed by atoms with Crippen LogP contribution in [0.1, 0.15) is 18.4 Å². The second kappa shape index (κ2) is 5.89. The summed E-state index contributed by atoms with van der Waals surface area (Å²) < 4.78 is 5.77. The third-order valence-corrected chi connectivity index (χ3v) is 4.09. The van der Waals surface area contributed by atoms with Crippen LogP contribution in [0, 0.1) is 0 Å². The molecule has 23 heavy (non-hydrogen) atoms. The molecular weight excluding hydrogens is 316 g/mol. The van der Waals surface area contributed by atoms with Crippen LogP contribution in [-0.2, 0) is 4.79 Å². The highest BCUT2D eigenvalue weighted by molar-refractivity contribution is 6.33. The van der Waals surface area contributed by atoms with Crippen LogP contribution in [-0.4, -0.2) is 11.1 Å². The SMILES string of the molecule is CC(C(=O)O)c1ccc2oc(-c3ccccc3Cl)cc(=O)c2c1. The van der Waals surface area contributed by atoms with Crippen LogP contribution >= 0.6 is 11.6 Å². The third-order valence-electron chi connectivity index (χ3n) is 3.76. The van der Waals surface area contributed by atoms with Gasteiger partial charge in [-0.15, -0.1) is 0 Å². The monoisotopic (exact) mass is 328 g/mol. The Morgan fingerprint density at radius 3 is 2.61 bits per heavy atom. The van der Waals surface area contributed by atoms with Gasteiger partial charge in [0.05, 0.1) is 16.3 Å². The number of benzene rings is 2. The van der Waals surface area contributed by atoms with Crippen LogP contribution in [0.15, 0.2) is 57.7 Å². The van der Waals surface area contributed by atoms with Crippen LogP contribution in [0.4, 0.5) is 0 Å². The average Bonchev–Trinajstić information content (AvgIpc) is 2.54. The predicted octanol–water partition coefficient (Wildman–Crippen LogP) is 4.30. The smallest absolute Gasteiger partial charge is 0.310 e. The highest BCUT2D eigenvalue weighted by Crippen LogP contribution is 2.29. The van der Waals surface area contributed by atoms with Gasteiger partial charge < -0.3 is 9.52 Å². The normalized spacial score (nSPS) is 12.3. The minimum atomic E-state index is -0.943. The van der Waals surface area contributed by atoms with Gasteiger partial charge in [0.2, 0.25) is 0 Å². The Labute approximate surface area is 136 Å². The number of carbonyl (C=O) groups is 1. The van der Waals surface area contributed by atoms with Gasteiger partial charge in [-0.1, -0.05) is 29.8 Å². The van der Waals surface area contributed by atoms with Gasteiger partial charge >= 0.3 is 5.97 Å². The van der Waals surface area contributed by atoms with E-state index in [1.165, 1.54) is 6.07 Å². The summed E-state index contributed by atoms with van der Waals surface area (Å²) in [5, 5.41) is 9.93. The third kappa shape index (κ3) is 2.85. The van der Waals surface area contributed by atoms with E-state index in [4.69, 9.17) is 21.1 Å². The lowest BCUT2D eigenvalue weighted by atomic mass is 9.99. The van der Waals surface area contributed by atoms with Crippen molar-refractivity contribution >= 4 is 28.5 Å². The standard InChI is InChI=1S/C18H13ClO4/c1-10(18(21)22)11-6-7-16-13(8-11)15(20)9-17(23-16)12-4-2-3-5-14(12)19/h2-10H,1H3,(H,21,22). The van der Waals surface area contributed by atoms with Crippen molar-refractivity contribution < 1.29 is 14.3 Å². The zero-order valence-electron chi connectivity index (χ0n) is 12.2. The van der Waals surface area contributed by atoms with Gasteiger partial charge in [0.25, 0.3) is 0 Å². The van der Waals surface area contributed by atoms with Gasteiger partial charge in [0, 0.05) is 11.6 Å². The highest BCUT2D eigenvalue weighted by atomic mass is 35.5. The van der Waals surface area contributed by atoms with E-state index in [-0.39, 0.29) is 5.43 Å². The molecule has 0 aliphatic rings. The number of carboxylic acid groups (broad SMARTS) is 1. The van der Waals surface area contributed by atoms with Crippen molar-refractivity contribution in [1.29, 1.82) is 0 Å². The molecule has 1 atom stereocenters. The van der Waals surface area contributed by atoms with Crippen molar-refractivity contribution in [3.05, 3.63) is 69.3 Å². The van der Waals surface area contributed by atoms with Crippen LogP contribution in [0.2, 0.25) is 5.02 Å². The molecule has 4 nitrogen and oxygen atoms in total. The van der Waals surface area contributed by atoms with E-state index in [1.807, 2.05) is 6.07 Å². The predicted molar refractivity (Wildman–Crippen MR) is 89.0 cm³/mol. The van der Waals surface area contributed by atoms with Crippen molar-refractivity contribution in [2.45, 2.75) is 12.8 Å². The summed E-state index contributed by atoms with van der Waals surface area (Å²) in [6.45, 7) is 1.57. The van der Waals surface area contributed by atoms with Crippen molar-refractivity contribution in [2.24, 2.45) is 0 Å². The lowest BCUT2D eigenvalue weighted by molar-refractivity contribution is -0.138. The summed E-state index contributed by atoms with van der Waals surface area (Å²) in [5.41, 5.74) is 1.35. The second-order valence-electron chi connectivity index (χ2n) is 5.27. The number of carboxylic acids is 1. The first-order valence-electron chi connectivity index (χ1n) is 7.03. The molecule has 3 rings (SSSR count). The lowest BCUT2D eigenvalue weighted by Gasteiger charge is -2.09. The molecule has 1 unspecified atom stereocenters. The summed E-state index contributed by atoms with van der Waals surface area (Å²) in [5.74, 6) is -1.25. The topological polar surface area (TPSA) is 67.5 Å². The first-order valence-corrected chi connectivity index (χ1v) is 7.40. The van der Waals surface area contributed by atoms with Crippen LogP contribution in [0.25, 0.3) is 22.3 Å². The Morgan fingerprint density at radius 2 is 1.91 bits per heavy atom. The molecular formula is C18H13ClO4. The van der Waals surface area contributed by atoms with Gasteiger partial charge in [-0.05, 0) is 36.8 Å². The Hall–Kier alpha value is -2.59. The molecule has 5 heteroatoms. The van der Waals surface area contributed by atoms with Gasteiger partial charge in [-0.2, -0.15) is 0 Å². The first kappa shape index (κ1) is 15.3. The Balaban J connectivity index is 2.18. The molecule has 0 fully saturated rings.